The van der Waals surface area contributed by atoms with Gasteiger partial charge in [0.1, 0.15) is 13.2 Å². The Morgan fingerprint density at radius 2 is 1.93 bits per heavy atom. The molecule has 4 rings (SSSR count). The lowest BCUT2D eigenvalue weighted by Crippen LogP contribution is -2.32. The first-order valence-electron chi connectivity index (χ1n) is 9.06. The van der Waals surface area contributed by atoms with Crippen molar-refractivity contribution in [3.8, 4) is 17.6 Å². The Labute approximate surface area is 162 Å². The summed E-state index contributed by atoms with van der Waals surface area (Å²) < 4.78 is 11.3. The molecular weight excluding hydrogens is 360 g/mol. The number of likely N-dealkylation sites (tertiary alicyclic amines) is 1. The molecule has 0 aliphatic carbocycles. The van der Waals surface area contributed by atoms with E-state index in [2.05, 4.69) is 6.07 Å². The van der Waals surface area contributed by atoms with Crippen LogP contribution >= 0.6 is 11.8 Å². The number of carbonyl (C=O) groups is 1. The van der Waals surface area contributed by atoms with Crippen molar-refractivity contribution >= 4 is 17.7 Å². The van der Waals surface area contributed by atoms with Gasteiger partial charge in [0, 0.05) is 11.4 Å². The smallest absolute Gasteiger partial charge is 0.233 e. The maximum Gasteiger partial charge on any atom is 0.233 e. The first kappa shape index (κ1) is 17.7. The van der Waals surface area contributed by atoms with Gasteiger partial charge in [-0.3, -0.25) is 4.79 Å². The summed E-state index contributed by atoms with van der Waals surface area (Å²) in [4.78, 5) is 15.8. The number of amides is 1. The number of nitriles is 1. The first-order chi connectivity index (χ1) is 13.2. The van der Waals surface area contributed by atoms with Gasteiger partial charge >= 0.3 is 0 Å². The van der Waals surface area contributed by atoms with Crippen molar-refractivity contribution in [2.75, 3.05) is 25.5 Å². The molecular formula is C21H20N2O3S. The van der Waals surface area contributed by atoms with Crippen molar-refractivity contribution in [3.63, 3.8) is 0 Å². The molecule has 1 unspecified atom stereocenters. The highest BCUT2D eigenvalue weighted by Crippen LogP contribution is 2.38. The first-order valence-corrected chi connectivity index (χ1v) is 10.0. The molecule has 0 N–H and O–H groups in total. The number of carbonyl (C=O) groups excluding carboxylic acids is 1. The average Bonchev–Trinajstić information content (AvgIpc) is 3.22. The number of fused-ring (bicyclic) bond motifs is 1. The molecule has 0 spiro atoms. The maximum absolute atomic E-state index is 12.8. The number of thioether (sulfide) groups is 1. The quantitative estimate of drug-likeness (QED) is 0.755. The molecule has 2 aromatic carbocycles. The van der Waals surface area contributed by atoms with Crippen LogP contribution in [0, 0.1) is 11.3 Å². The molecule has 1 amide bonds. The van der Waals surface area contributed by atoms with Crippen LogP contribution in [0.3, 0.4) is 0 Å². The fraction of sp³-hybridized carbons (Fsp3) is 0.333. The van der Waals surface area contributed by atoms with Crippen molar-refractivity contribution in [1.29, 1.82) is 5.26 Å². The van der Waals surface area contributed by atoms with Gasteiger partial charge in [-0.05, 0) is 54.8 Å². The Morgan fingerprint density at radius 1 is 1.15 bits per heavy atom. The van der Waals surface area contributed by atoms with Gasteiger partial charge in [-0.15, -0.1) is 11.8 Å². The van der Waals surface area contributed by atoms with Crippen LogP contribution in [0.5, 0.6) is 11.5 Å². The van der Waals surface area contributed by atoms with Gasteiger partial charge in [0.25, 0.3) is 0 Å². The second kappa shape index (κ2) is 7.93. The third-order valence-corrected chi connectivity index (χ3v) is 5.87. The zero-order valence-electron chi connectivity index (χ0n) is 14.9. The Kier molecular flexibility index (Phi) is 5.21. The van der Waals surface area contributed by atoms with Crippen LogP contribution in [-0.4, -0.2) is 36.3 Å². The van der Waals surface area contributed by atoms with Crippen LogP contribution in [0.1, 0.15) is 30.0 Å². The van der Waals surface area contributed by atoms with Gasteiger partial charge in [0.15, 0.2) is 11.5 Å². The fourth-order valence-electron chi connectivity index (χ4n) is 3.53. The lowest BCUT2D eigenvalue weighted by Gasteiger charge is -2.26. The molecule has 27 heavy (non-hydrogen) atoms. The van der Waals surface area contributed by atoms with E-state index < -0.39 is 0 Å². The lowest BCUT2D eigenvalue weighted by atomic mass is 10.0. The van der Waals surface area contributed by atoms with Gasteiger partial charge in [-0.25, -0.2) is 0 Å². The number of benzene rings is 2. The summed E-state index contributed by atoms with van der Waals surface area (Å²) in [6.45, 7) is 1.92. The molecule has 6 heteroatoms. The van der Waals surface area contributed by atoms with Crippen LogP contribution in [0.15, 0.2) is 47.4 Å². The Balaban J connectivity index is 1.43. The molecule has 138 valence electrons. The van der Waals surface area contributed by atoms with Gasteiger partial charge in [0.05, 0.1) is 23.4 Å². The normalized spacial score (nSPS) is 18.2. The molecule has 0 saturated carbocycles. The van der Waals surface area contributed by atoms with Crippen molar-refractivity contribution in [1.82, 2.24) is 4.90 Å². The molecule has 1 saturated heterocycles. The molecule has 2 aliphatic rings. The minimum atomic E-state index is 0.0925. The molecule has 0 bridgehead atoms. The monoisotopic (exact) mass is 380 g/mol. The van der Waals surface area contributed by atoms with E-state index in [0.29, 0.717) is 24.5 Å². The third-order valence-electron chi connectivity index (χ3n) is 4.87. The van der Waals surface area contributed by atoms with E-state index >= 15 is 0 Å². The summed E-state index contributed by atoms with van der Waals surface area (Å²) in [6.07, 6.45) is 1.97. The summed E-state index contributed by atoms with van der Waals surface area (Å²) in [5.74, 6) is 2.08. The molecule has 2 aromatic rings. The highest BCUT2D eigenvalue weighted by Gasteiger charge is 2.30. The predicted molar refractivity (Wildman–Crippen MR) is 103 cm³/mol. The summed E-state index contributed by atoms with van der Waals surface area (Å²) in [5.41, 5.74) is 1.73. The topological polar surface area (TPSA) is 62.6 Å². The molecule has 0 radical (unpaired) electrons. The summed E-state index contributed by atoms with van der Waals surface area (Å²) in [5, 5.41) is 8.87. The van der Waals surface area contributed by atoms with Crippen molar-refractivity contribution in [3.05, 3.63) is 53.6 Å². The number of hydrogen-bond donors (Lipinski definition) is 0. The van der Waals surface area contributed by atoms with Crippen molar-refractivity contribution < 1.29 is 14.3 Å². The fourth-order valence-corrected chi connectivity index (χ4v) is 4.32. The number of hydrogen-bond acceptors (Lipinski definition) is 5. The molecule has 2 aliphatic heterocycles. The average molecular weight is 380 g/mol. The van der Waals surface area contributed by atoms with Gasteiger partial charge in [-0.2, -0.15) is 5.26 Å². The van der Waals surface area contributed by atoms with Gasteiger partial charge in [0.2, 0.25) is 5.91 Å². The van der Waals surface area contributed by atoms with Crippen LogP contribution in [-0.2, 0) is 4.79 Å². The lowest BCUT2D eigenvalue weighted by molar-refractivity contribution is -0.129. The standard InChI is InChI=1S/C21H20N2O3S/c22-13-15-3-6-17(7-4-15)27-14-21(24)23-9-1-2-18(23)16-5-8-19-20(12-16)26-11-10-25-19/h3-8,12,18H,1-2,9-11,14H2. The van der Waals surface area contributed by atoms with E-state index in [1.165, 1.54) is 11.8 Å². The van der Waals surface area contributed by atoms with E-state index in [4.69, 9.17) is 14.7 Å². The van der Waals surface area contributed by atoms with E-state index in [9.17, 15) is 4.79 Å². The summed E-state index contributed by atoms with van der Waals surface area (Å²) >= 11 is 1.51. The van der Waals surface area contributed by atoms with Crippen LogP contribution in [0.2, 0.25) is 0 Å². The molecule has 2 heterocycles. The van der Waals surface area contributed by atoms with Gasteiger partial charge < -0.3 is 14.4 Å². The summed E-state index contributed by atoms with van der Waals surface area (Å²) in [7, 11) is 0. The van der Waals surface area contributed by atoms with E-state index in [-0.39, 0.29) is 11.9 Å². The summed E-state index contributed by atoms with van der Waals surface area (Å²) in [6, 6.07) is 15.5. The molecule has 1 atom stereocenters. The Hall–Kier alpha value is -2.65. The second-order valence-corrected chi connectivity index (χ2v) is 7.62. The zero-order valence-corrected chi connectivity index (χ0v) is 15.7. The van der Waals surface area contributed by atoms with Crippen LogP contribution < -0.4 is 9.47 Å². The maximum atomic E-state index is 12.8. The van der Waals surface area contributed by atoms with E-state index in [1.54, 1.807) is 12.1 Å². The highest BCUT2D eigenvalue weighted by molar-refractivity contribution is 8.00. The molecule has 5 nitrogen and oxygen atoms in total. The predicted octanol–water partition coefficient (Wildman–Crippen LogP) is 3.79. The minimum Gasteiger partial charge on any atom is -0.486 e. The zero-order chi connectivity index (χ0) is 18.6. The Bertz CT molecular complexity index is 876. The third kappa shape index (κ3) is 3.88. The second-order valence-electron chi connectivity index (χ2n) is 6.57. The van der Waals surface area contributed by atoms with Crippen LogP contribution in [0.4, 0.5) is 0 Å². The molecule has 0 aromatic heterocycles. The van der Waals surface area contributed by atoms with E-state index in [1.807, 2.05) is 35.2 Å². The van der Waals surface area contributed by atoms with Crippen LogP contribution in [0.25, 0.3) is 0 Å². The number of ether oxygens (including phenoxy) is 2. The minimum absolute atomic E-state index is 0.0925. The van der Waals surface area contributed by atoms with Gasteiger partial charge in [-0.1, -0.05) is 6.07 Å². The molecule has 1 fully saturated rings. The van der Waals surface area contributed by atoms with Crippen molar-refractivity contribution in [2.24, 2.45) is 0 Å². The number of rotatable bonds is 4. The number of nitrogens with zero attached hydrogens (tertiary/aromatic N) is 2. The highest BCUT2D eigenvalue weighted by atomic mass is 32.2. The van der Waals surface area contributed by atoms with Crippen molar-refractivity contribution in [2.45, 2.75) is 23.8 Å². The Morgan fingerprint density at radius 3 is 2.70 bits per heavy atom. The SMILES string of the molecule is N#Cc1ccc(SCC(=O)N2CCCC2c2ccc3c(c2)OCCO3)cc1. The van der Waals surface area contributed by atoms with E-state index in [0.717, 1.165) is 41.3 Å². The largest absolute Gasteiger partial charge is 0.486 e.